The van der Waals surface area contributed by atoms with Crippen LogP contribution in [0.25, 0.3) is 66.7 Å². The molecular weight excluding hydrogens is 918 g/mol. The number of halogens is 3. The Kier molecular flexibility index (Phi) is 10.1. The molecule has 7 heteroatoms. The Morgan fingerprint density at radius 2 is 1.41 bits per heavy atom. The third-order valence-electron chi connectivity index (χ3n) is 9.63. The molecule has 0 bridgehead atoms. The minimum absolute atomic E-state index is 0. The summed E-state index contributed by atoms with van der Waals surface area (Å²) in [6, 6.07) is 41.7. The molecule has 3 nitrogen and oxygen atoms in total. The molecule has 0 unspecified atom stereocenters. The molecule has 8 rings (SSSR count). The molecule has 0 aliphatic rings. The van der Waals surface area contributed by atoms with E-state index in [1.54, 1.807) is 36.5 Å². The molecule has 0 aliphatic heterocycles. The van der Waals surface area contributed by atoms with Crippen LogP contribution in [0, 0.1) is 30.7 Å². The van der Waals surface area contributed by atoms with Gasteiger partial charge >= 0.3 is 6.18 Å². The Labute approximate surface area is 369 Å². The minimum Gasteiger partial charge on any atom is -0.501 e. The van der Waals surface area contributed by atoms with Gasteiger partial charge in [0.2, 0.25) is 0 Å². The molecule has 0 amide bonds. The van der Waals surface area contributed by atoms with Crippen LogP contribution < -0.4 is 0 Å². The number of rotatable bonds is 7. The summed E-state index contributed by atoms with van der Waals surface area (Å²) in [6.07, 6.45) is -6.01. The molecule has 8 aromatic rings. The maximum atomic E-state index is 13.4. The second-order valence-electron chi connectivity index (χ2n) is 15.7. The zero-order valence-electron chi connectivity index (χ0n) is 40.3. The molecule has 0 N–H and O–H groups in total. The predicted octanol–water partition coefficient (Wildman–Crippen LogP) is 14.7. The number of aromatic nitrogens is 2. The number of nitrogens with zero attached hydrogens (tertiary/aromatic N) is 2. The van der Waals surface area contributed by atoms with E-state index in [4.69, 9.17) is 14.0 Å². The fraction of sp³-hybridized carbons (Fsp3) is 0.212. The molecule has 0 aliphatic carbocycles. The van der Waals surface area contributed by atoms with Crippen molar-refractivity contribution in [1.82, 2.24) is 9.97 Å². The maximum Gasteiger partial charge on any atom is 0.394 e. The molecule has 0 saturated heterocycles. The Hall–Kier alpha value is -5.49. The first-order valence-corrected chi connectivity index (χ1v) is 18.8. The summed E-state index contributed by atoms with van der Waals surface area (Å²) in [6.45, 7) is 8.95. The zero-order chi connectivity index (χ0) is 47.3. The van der Waals surface area contributed by atoms with Gasteiger partial charge in [-0.1, -0.05) is 143 Å². The van der Waals surface area contributed by atoms with Gasteiger partial charge in [0.1, 0.15) is 5.58 Å². The minimum atomic E-state index is -4.76. The van der Waals surface area contributed by atoms with Crippen LogP contribution in [0.15, 0.2) is 144 Å². The van der Waals surface area contributed by atoms with E-state index in [0.717, 1.165) is 64.4 Å². The molecule has 0 spiro atoms. The van der Waals surface area contributed by atoms with E-state index in [9.17, 15) is 13.2 Å². The third-order valence-corrected chi connectivity index (χ3v) is 9.63. The number of fused-ring (bicyclic) bond motifs is 3. The molecule has 3 heterocycles. The molecule has 0 fully saturated rings. The van der Waals surface area contributed by atoms with Gasteiger partial charge in [-0.15, -0.1) is 29.8 Å². The summed E-state index contributed by atoms with van der Waals surface area (Å²) in [5.74, 6) is 0. The van der Waals surface area contributed by atoms with Gasteiger partial charge in [0, 0.05) is 53.2 Å². The summed E-state index contributed by atoms with van der Waals surface area (Å²) in [5.41, 5.74) is 5.16. The van der Waals surface area contributed by atoms with Crippen LogP contribution in [0.5, 0.6) is 0 Å². The first-order valence-electron chi connectivity index (χ1n) is 22.3. The van der Waals surface area contributed by atoms with Gasteiger partial charge in [-0.3, -0.25) is 4.98 Å². The largest absolute Gasteiger partial charge is 0.501 e. The van der Waals surface area contributed by atoms with E-state index in [0.29, 0.717) is 33.5 Å². The number of hydrogen-bond donors (Lipinski definition) is 0. The number of hydrogen-bond acceptors (Lipinski definition) is 3. The Morgan fingerprint density at radius 3 is 2.08 bits per heavy atom. The van der Waals surface area contributed by atoms with Crippen molar-refractivity contribution >= 4 is 21.9 Å². The summed E-state index contributed by atoms with van der Waals surface area (Å²) < 4.78 is 103. The number of furan rings is 1. The van der Waals surface area contributed by atoms with Crippen molar-refractivity contribution in [2.24, 2.45) is 10.8 Å². The molecule has 59 heavy (non-hydrogen) atoms. The zero-order valence-corrected chi connectivity index (χ0v) is 35.7. The van der Waals surface area contributed by atoms with Crippen LogP contribution in [0.3, 0.4) is 0 Å². The normalized spacial score (nSPS) is 14.3. The monoisotopic (exact) mass is 972 g/mol. The van der Waals surface area contributed by atoms with Gasteiger partial charge in [-0.05, 0) is 75.4 Å². The van der Waals surface area contributed by atoms with Gasteiger partial charge in [0.25, 0.3) is 0 Å². The Morgan fingerprint density at radius 1 is 0.695 bits per heavy atom. The van der Waals surface area contributed by atoms with Gasteiger partial charge in [0.05, 0.1) is 11.0 Å². The van der Waals surface area contributed by atoms with Crippen LogP contribution in [0.1, 0.15) is 66.5 Å². The third kappa shape index (κ3) is 9.87. The molecule has 1 radical (unpaired) electrons. The van der Waals surface area contributed by atoms with Crippen molar-refractivity contribution < 1.29 is 47.3 Å². The van der Waals surface area contributed by atoms with Crippen molar-refractivity contribution in [2.75, 3.05) is 0 Å². The average Bonchev–Trinajstić information content (AvgIpc) is 3.65. The molecular formula is C52H47F3IrN2O-2. The van der Waals surface area contributed by atoms with E-state index >= 15 is 0 Å². The first kappa shape index (κ1) is 34.4. The number of alkyl halides is 3. The van der Waals surface area contributed by atoms with E-state index < -0.39 is 36.6 Å². The van der Waals surface area contributed by atoms with Crippen LogP contribution >= 0.6 is 0 Å². The smallest absolute Gasteiger partial charge is 0.394 e. The topological polar surface area (TPSA) is 38.9 Å². The van der Waals surface area contributed by atoms with Crippen molar-refractivity contribution in [3.8, 4) is 44.8 Å². The first-order chi connectivity index (χ1) is 30.3. The van der Waals surface area contributed by atoms with Gasteiger partial charge in [0.15, 0.2) is 0 Å². The fourth-order valence-corrected chi connectivity index (χ4v) is 6.60. The van der Waals surface area contributed by atoms with Crippen molar-refractivity contribution in [3.63, 3.8) is 0 Å². The number of aryl methyl sites for hydroxylation is 1. The fourth-order valence-electron chi connectivity index (χ4n) is 6.60. The summed E-state index contributed by atoms with van der Waals surface area (Å²) in [4.78, 5) is 8.80. The Bertz CT molecular complexity index is 2980. The van der Waals surface area contributed by atoms with Crippen LogP contribution in [0.2, 0.25) is 0 Å². The van der Waals surface area contributed by atoms with E-state index in [1.165, 1.54) is 18.2 Å². The standard InChI is InChI=1S/C28H24NO.C24H23F3N.Ir/c1-28(2,3)18-19-11-13-20(14-12-19)21-15-16-29-25(17-21)24-9-6-8-23-22-7-4-5-10-26(22)30-27(23)24;1-16-12-17(2)21(13-20(16)19-8-6-5-7-9-19)22-11-10-18(15-28-22)14-23(3,4)24(25,26)27;/h4-8,10-17H,18H2,1-3H3;5-13,15H,2,14H2,1,3-4H3;/q2*-1;/i18D2;1D3,14D2;. The van der Waals surface area contributed by atoms with Crippen molar-refractivity contribution in [1.29, 1.82) is 0 Å². The van der Waals surface area contributed by atoms with Crippen LogP contribution in [0.4, 0.5) is 13.2 Å². The van der Waals surface area contributed by atoms with E-state index in [-0.39, 0.29) is 31.2 Å². The van der Waals surface area contributed by atoms with E-state index in [1.807, 2.05) is 93.6 Å². The summed E-state index contributed by atoms with van der Waals surface area (Å²) in [7, 11) is 0. The molecule has 5 aromatic carbocycles. The molecule has 0 saturated carbocycles. The second-order valence-corrected chi connectivity index (χ2v) is 15.7. The quantitative estimate of drug-likeness (QED) is 0.149. The maximum absolute atomic E-state index is 13.4. The van der Waals surface area contributed by atoms with Gasteiger partial charge in [-0.2, -0.15) is 31.7 Å². The van der Waals surface area contributed by atoms with Gasteiger partial charge < -0.3 is 9.40 Å². The van der Waals surface area contributed by atoms with Crippen LogP contribution in [-0.2, 0) is 32.9 Å². The second kappa shape index (κ2) is 17.4. The van der Waals surface area contributed by atoms with Crippen molar-refractivity contribution in [2.45, 2.75) is 60.4 Å². The van der Waals surface area contributed by atoms with Crippen molar-refractivity contribution in [3.05, 3.63) is 175 Å². The number of para-hydroxylation sites is 1. The number of benzene rings is 5. The molecule has 303 valence electrons. The van der Waals surface area contributed by atoms with Crippen LogP contribution in [-0.4, -0.2) is 16.1 Å². The Balaban J connectivity index is 0.000000215. The summed E-state index contributed by atoms with van der Waals surface area (Å²) >= 11 is 0. The predicted molar refractivity (Wildman–Crippen MR) is 232 cm³/mol. The average molecular weight is 972 g/mol. The SMILES string of the molecule is [2H]C([2H])([2H])c1cc([CH2-])c(-c2ccc(C([2H])([2H])C(C)(C)C(F)(F)F)cn2)cc1-c1ccccc1.[2H]C([2H])(c1ccc(-c2ccnc(-c3[c-]ccc4c3oc3ccccc34)c2)cc1)C(C)(C)C.[Ir]. The molecule has 0 atom stereocenters. The number of pyridine rings is 2. The summed E-state index contributed by atoms with van der Waals surface area (Å²) in [5, 5.41) is 2.13. The van der Waals surface area contributed by atoms with E-state index in [2.05, 4.69) is 29.0 Å². The molecule has 3 aromatic heterocycles. The van der Waals surface area contributed by atoms with Gasteiger partial charge in [-0.25, -0.2) is 0 Å².